The number of hydrogen-bond donors (Lipinski definition) is 2. The summed E-state index contributed by atoms with van der Waals surface area (Å²) in [5, 5.41) is 0. The minimum Gasteiger partial charge on any atom is -0.383 e. The van der Waals surface area contributed by atoms with Gasteiger partial charge in [0.05, 0.1) is 5.69 Å². The molecule has 4 N–H and O–H groups in total. The molecule has 1 aromatic heterocycles. The molecule has 0 aromatic carbocycles. The van der Waals surface area contributed by atoms with Crippen LogP contribution < -0.4 is 11.5 Å². The van der Waals surface area contributed by atoms with Crippen LogP contribution in [0, 0.1) is 5.41 Å². The number of nitrogens with zero attached hydrogens (tertiary/aromatic N) is 2. The first kappa shape index (κ1) is 9.87. The Balaban J connectivity index is 2.34. The fourth-order valence-electron chi connectivity index (χ4n) is 3.70. The van der Waals surface area contributed by atoms with Gasteiger partial charge in [0, 0.05) is 11.0 Å². The predicted molar refractivity (Wildman–Crippen MR) is 64.0 cm³/mol. The van der Waals surface area contributed by atoms with Gasteiger partial charge in [-0.1, -0.05) is 20.8 Å². The van der Waals surface area contributed by atoms with Crippen molar-refractivity contribution < 1.29 is 0 Å². The molecule has 2 aliphatic carbocycles. The van der Waals surface area contributed by atoms with Gasteiger partial charge < -0.3 is 11.5 Å². The maximum absolute atomic E-state index is 6.01. The lowest BCUT2D eigenvalue weighted by molar-refractivity contribution is 0.227. The molecule has 2 aliphatic rings. The third-order valence-corrected chi connectivity index (χ3v) is 5.09. The largest absolute Gasteiger partial charge is 0.383 e. The predicted octanol–water partition coefficient (Wildman–Crippen LogP) is 1.82. The van der Waals surface area contributed by atoms with Crippen LogP contribution in [0.5, 0.6) is 0 Å². The highest BCUT2D eigenvalue weighted by Crippen LogP contribution is 2.67. The Bertz CT molecular complexity index is 480. The van der Waals surface area contributed by atoms with Crippen molar-refractivity contribution in [1.29, 1.82) is 0 Å². The van der Waals surface area contributed by atoms with E-state index < -0.39 is 0 Å². The van der Waals surface area contributed by atoms with Gasteiger partial charge in [0.1, 0.15) is 5.82 Å². The van der Waals surface area contributed by atoms with E-state index in [0.717, 1.165) is 11.3 Å². The maximum atomic E-state index is 6.01. The second kappa shape index (κ2) is 2.50. The highest BCUT2D eigenvalue weighted by molar-refractivity contribution is 5.57. The van der Waals surface area contributed by atoms with Gasteiger partial charge in [-0.3, -0.25) is 0 Å². The van der Waals surface area contributed by atoms with E-state index in [4.69, 9.17) is 11.5 Å². The van der Waals surface area contributed by atoms with Crippen LogP contribution in [0.3, 0.4) is 0 Å². The molecule has 0 spiro atoms. The molecule has 4 heteroatoms. The van der Waals surface area contributed by atoms with Gasteiger partial charge in [-0.2, -0.15) is 4.98 Å². The molecule has 2 atom stereocenters. The van der Waals surface area contributed by atoms with Gasteiger partial charge in [-0.15, -0.1) is 0 Å². The SMILES string of the molecule is CC12CCC(c3c(N)nc(N)nc31)C2(C)C. The first-order chi connectivity index (χ1) is 7.38. The zero-order valence-corrected chi connectivity index (χ0v) is 10.0. The molecule has 1 aromatic rings. The molecular weight excluding hydrogens is 200 g/mol. The van der Waals surface area contributed by atoms with E-state index in [1.807, 2.05) is 0 Å². The van der Waals surface area contributed by atoms with Crippen LogP contribution in [-0.4, -0.2) is 9.97 Å². The molecule has 1 saturated carbocycles. The van der Waals surface area contributed by atoms with Crippen molar-refractivity contribution in [2.45, 2.75) is 44.9 Å². The minimum atomic E-state index is 0.109. The summed E-state index contributed by atoms with van der Waals surface area (Å²) in [5.74, 6) is 1.39. The summed E-state index contributed by atoms with van der Waals surface area (Å²) in [6.07, 6.45) is 2.36. The Hall–Kier alpha value is -1.32. The Kier molecular flexibility index (Phi) is 1.54. The molecule has 0 radical (unpaired) electrons. The zero-order valence-electron chi connectivity index (χ0n) is 10.0. The van der Waals surface area contributed by atoms with Crippen LogP contribution in [0.1, 0.15) is 50.8 Å². The monoisotopic (exact) mass is 218 g/mol. The Morgan fingerprint density at radius 2 is 1.88 bits per heavy atom. The van der Waals surface area contributed by atoms with E-state index in [2.05, 4.69) is 30.7 Å². The highest BCUT2D eigenvalue weighted by atomic mass is 15.1. The smallest absolute Gasteiger partial charge is 0.222 e. The molecule has 4 nitrogen and oxygen atoms in total. The molecule has 0 aliphatic heterocycles. The van der Waals surface area contributed by atoms with Crippen molar-refractivity contribution >= 4 is 11.8 Å². The number of nitrogen functional groups attached to an aromatic ring is 2. The van der Waals surface area contributed by atoms with Crippen molar-refractivity contribution in [2.75, 3.05) is 11.5 Å². The molecular formula is C12H18N4. The van der Waals surface area contributed by atoms with E-state index in [0.29, 0.717) is 17.7 Å². The van der Waals surface area contributed by atoms with Gasteiger partial charge in [-0.05, 0) is 24.2 Å². The van der Waals surface area contributed by atoms with Crippen LogP contribution in [0.2, 0.25) is 0 Å². The highest BCUT2D eigenvalue weighted by Gasteiger charge is 2.61. The van der Waals surface area contributed by atoms with Crippen LogP contribution in [0.15, 0.2) is 0 Å². The number of hydrogen-bond acceptors (Lipinski definition) is 4. The Morgan fingerprint density at radius 3 is 2.56 bits per heavy atom. The van der Waals surface area contributed by atoms with Crippen molar-refractivity contribution in [2.24, 2.45) is 5.41 Å². The van der Waals surface area contributed by atoms with E-state index in [9.17, 15) is 0 Å². The Labute approximate surface area is 95.5 Å². The van der Waals surface area contributed by atoms with E-state index >= 15 is 0 Å². The normalized spacial score (nSPS) is 34.1. The summed E-state index contributed by atoms with van der Waals surface area (Å²) in [5.41, 5.74) is 14.3. The number of fused-ring (bicyclic) bond motifs is 5. The van der Waals surface area contributed by atoms with Crippen molar-refractivity contribution in [3.8, 4) is 0 Å². The Morgan fingerprint density at radius 1 is 1.19 bits per heavy atom. The number of nitrogens with two attached hydrogens (primary N) is 2. The standard InChI is InChI=1S/C12H18N4/c1-11(2)6-4-5-12(11,3)8-7(6)9(13)16-10(14)15-8/h6H,4-5H2,1-3H3,(H4,13,14,15,16). The van der Waals surface area contributed by atoms with Gasteiger partial charge >= 0.3 is 0 Å². The van der Waals surface area contributed by atoms with Gasteiger partial charge in [0.2, 0.25) is 5.95 Å². The number of rotatable bonds is 0. The van der Waals surface area contributed by atoms with Crippen LogP contribution >= 0.6 is 0 Å². The average Bonchev–Trinajstić information content (AvgIpc) is 2.48. The maximum Gasteiger partial charge on any atom is 0.222 e. The summed E-state index contributed by atoms with van der Waals surface area (Å²) in [6, 6.07) is 0. The molecule has 86 valence electrons. The first-order valence-electron chi connectivity index (χ1n) is 5.81. The number of anilines is 2. The third kappa shape index (κ3) is 0.829. The van der Waals surface area contributed by atoms with Crippen molar-refractivity contribution in [3.63, 3.8) is 0 Å². The third-order valence-electron chi connectivity index (χ3n) is 5.09. The molecule has 1 heterocycles. The van der Waals surface area contributed by atoms with Gasteiger partial charge in [0.15, 0.2) is 0 Å². The molecule has 2 unspecified atom stereocenters. The molecule has 0 amide bonds. The molecule has 2 bridgehead atoms. The summed E-state index contributed by atoms with van der Waals surface area (Å²) in [4.78, 5) is 8.56. The molecule has 1 fully saturated rings. The minimum absolute atomic E-state index is 0.109. The summed E-state index contributed by atoms with van der Waals surface area (Å²) in [7, 11) is 0. The van der Waals surface area contributed by atoms with Gasteiger partial charge in [-0.25, -0.2) is 4.98 Å². The first-order valence-corrected chi connectivity index (χ1v) is 5.81. The lowest BCUT2D eigenvalue weighted by Crippen LogP contribution is -2.32. The van der Waals surface area contributed by atoms with Crippen LogP contribution in [0.25, 0.3) is 0 Å². The van der Waals surface area contributed by atoms with E-state index in [-0.39, 0.29) is 10.8 Å². The topological polar surface area (TPSA) is 77.8 Å². The summed E-state index contributed by atoms with van der Waals surface area (Å²) < 4.78 is 0. The molecule has 16 heavy (non-hydrogen) atoms. The van der Waals surface area contributed by atoms with Crippen molar-refractivity contribution in [3.05, 3.63) is 11.3 Å². The number of aromatic nitrogens is 2. The van der Waals surface area contributed by atoms with Gasteiger partial charge in [0.25, 0.3) is 0 Å². The van der Waals surface area contributed by atoms with Crippen LogP contribution in [0.4, 0.5) is 11.8 Å². The quantitative estimate of drug-likeness (QED) is 0.696. The van der Waals surface area contributed by atoms with Crippen LogP contribution in [-0.2, 0) is 5.41 Å². The molecule has 3 rings (SSSR count). The molecule has 0 saturated heterocycles. The van der Waals surface area contributed by atoms with E-state index in [1.54, 1.807) is 0 Å². The second-order valence-corrected chi connectivity index (χ2v) is 5.87. The zero-order chi connectivity index (χ0) is 11.7. The lowest BCUT2D eigenvalue weighted by atomic mass is 9.70. The summed E-state index contributed by atoms with van der Waals surface area (Å²) in [6.45, 7) is 6.90. The lowest BCUT2D eigenvalue weighted by Gasteiger charge is -2.34. The summed E-state index contributed by atoms with van der Waals surface area (Å²) >= 11 is 0. The van der Waals surface area contributed by atoms with Crippen molar-refractivity contribution in [1.82, 2.24) is 9.97 Å². The second-order valence-electron chi connectivity index (χ2n) is 5.87. The average molecular weight is 218 g/mol. The fraction of sp³-hybridized carbons (Fsp3) is 0.667. The fourth-order valence-corrected chi connectivity index (χ4v) is 3.70. The van der Waals surface area contributed by atoms with E-state index in [1.165, 1.54) is 12.8 Å².